The lowest BCUT2D eigenvalue weighted by Crippen LogP contribution is -2.30. The Labute approximate surface area is 181 Å². The lowest BCUT2D eigenvalue weighted by molar-refractivity contribution is -0.152. The van der Waals surface area contributed by atoms with Crippen molar-refractivity contribution in [3.8, 4) is 0 Å². The van der Waals surface area contributed by atoms with Gasteiger partial charge in [-0.3, -0.25) is 14.4 Å². The van der Waals surface area contributed by atoms with E-state index in [2.05, 4.69) is 26.9 Å². The van der Waals surface area contributed by atoms with Crippen molar-refractivity contribution in [2.45, 2.75) is 72.2 Å². The fraction of sp³-hybridized carbons (Fsp3) is 0.591. The van der Waals surface area contributed by atoms with Gasteiger partial charge in [0.15, 0.2) is 23.2 Å². The van der Waals surface area contributed by atoms with Gasteiger partial charge in [0.2, 0.25) is 0 Å². The van der Waals surface area contributed by atoms with Crippen LogP contribution < -0.4 is 0 Å². The first-order chi connectivity index (χ1) is 14.9. The lowest BCUT2D eigenvalue weighted by Gasteiger charge is -2.32. The summed E-state index contributed by atoms with van der Waals surface area (Å²) in [4.78, 5) is 48.9. The van der Waals surface area contributed by atoms with Crippen LogP contribution in [-0.2, 0) is 27.5 Å². The van der Waals surface area contributed by atoms with Gasteiger partial charge in [-0.2, -0.15) is 0 Å². The van der Waals surface area contributed by atoms with Crippen LogP contribution in [0.1, 0.15) is 85.5 Å². The third kappa shape index (κ3) is 6.10. The van der Waals surface area contributed by atoms with Crippen LogP contribution in [0.4, 0.5) is 0 Å². The highest BCUT2D eigenvalue weighted by atomic mass is 16.5. The average Bonchev–Trinajstić information content (AvgIpc) is 3.43. The van der Waals surface area contributed by atoms with Gasteiger partial charge >= 0.3 is 5.97 Å². The van der Waals surface area contributed by atoms with E-state index in [4.69, 9.17) is 9.47 Å². The highest BCUT2D eigenvalue weighted by Gasteiger charge is 2.31. The zero-order valence-corrected chi connectivity index (χ0v) is 18.3. The van der Waals surface area contributed by atoms with Gasteiger partial charge in [-0.25, -0.2) is 9.97 Å². The summed E-state index contributed by atoms with van der Waals surface area (Å²) < 4.78 is 11.5. The number of esters is 1. The Balaban J connectivity index is 1.42. The number of aromatic nitrogens is 4. The van der Waals surface area contributed by atoms with Crippen LogP contribution >= 0.6 is 0 Å². The maximum absolute atomic E-state index is 12.4. The molecule has 168 valence electrons. The number of nitrogens with zero attached hydrogens (tertiary/aromatic N) is 2. The first-order valence-electron chi connectivity index (χ1n) is 10.7. The van der Waals surface area contributed by atoms with Crippen molar-refractivity contribution in [2.75, 3.05) is 0 Å². The number of hydrogen-bond donors (Lipinski definition) is 2. The number of ether oxygens (including phenoxy) is 2. The SMILES string of the molecule is CCC(OCc1cnc(C(C)=O)[nH]1)[C@H]1CC[C@@H](C(=O)OCc2cnc(C(C)=O)[nH]2)CC1. The molecule has 1 aliphatic carbocycles. The van der Waals surface area contributed by atoms with E-state index in [1.807, 2.05) is 0 Å². The Kier molecular flexibility index (Phi) is 7.73. The Bertz CT molecular complexity index is 911. The quantitative estimate of drug-likeness (QED) is 0.437. The van der Waals surface area contributed by atoms with E-state index in [0.29, 0.717) is 24.0 Å². The molecule has 1 fully saturated rings. The van der Waals surface area contributed by atoms with Crippen LogP contribution in [-0.4, -0.2) is 43.6 Å². The number of carbonyl (C=O) groups is 3. The summed E-state index contributed by atoms with van der Waals surface area (Å²) in [6, 6.07) is 0. The molecular formula is C22H30N4O5. The second-order valence-corrected chi connectivity index (χ2v) is 8.10. The summed E-state index contributed by atoms with van der Waals surface area (Å²) in [5.74, 6) is 0.416. The maximum Gasteiger partial charge on any atom is 0.309 e. The normalized spacial score (nSPS) is 19.7. The standard InChI is InChI=1S/C22H30N4O5/c1-4-19(30-11-17-9-23-20(25-17)13(2)27)15-5-7-16(8-6-15)22(29)31-12-18-10-24-21(26-18)14(3)28/h9-10,15-16,19H,4-8,11-12H2,1-3H3,(H,23,25)(H,24,26)/t15-,16+,19?. The minimum absolute atomic E-state index is 0.0895. The number of H-pyrrole nitrogens is 2. The molecule has 0 aliphatic heterocycles. The number of rotatable bonds is 10. The van der Waals surface area contributed by atoms with Crippen LogP contribution in [0.15, 0.2) is 12.4 Å². The molecule has 0 radical (unpaired) electrons. The molecule has 1 aliphatic rings. The van der Waals surface area contributed by atoms with Crippen molar-refractivity contribution >= 4 is 17.5 Å². The highest BCUT2D eigenvalue weighted by Crippen LogP contribution is 2.34. The topological polar surface area (TPSA) is 127 Å². The first kappa shape index (κ1) is 22.9. The fourth-order valence-electron chi connectivity index (χ4n) is 4.00. The third-order valence-electron chi connectivity index (χ3n) is 5.78. The molecule has 1 atom stereocenters. The number of nitrogens with one attached hydrogen (secondary N) is 2. The number of Topliss-reactive ketones (excluding diaryl/α,β-unsaturated/α-hetero) is 2. The molecule has 0 spiro atoms. The van der Waals surface area contributed by atoms with Crippen LogP contribution in [0.25, 0.3) is 0 Å². The second-order valence-electron chi connectivity index (χ2n) is 8.10. The number of hydrogen-bond acceptors (Lipinski definition) is 7. The largest absolute Gasteiger partial charge is 0.459 e. The summed E-state index contributed by atoms with van der Waals surface area (Å²) in [5.41, 5.74) is 1.39. The van der Waals surface area contributed by atoms with E-state index >= 15 is 0 Å². The molecule has 9 nitrogen and oxygen atoms in total. The Morgan fingerprint density at radius 2 is 1.52 bits per heavy atom. The lowest BCUT2D eigenvalue weighted by atomic mass is 9.79. The minimum atomic E-state index is -0.208. The van der Waals surface area contributed by atoms with Gasteiger partial charge in [0.1, 0.15) is 6.61 Å². The van der Waals surface area contributed by atoms with Gasteiger partial charge in [0.05, 0.1) is 42.4 Å². The van der Waals surface area contributed by atoms with E-state index in [1.54, 1.807) is 6.20 Å². The summed E-state index contributed by atoms with van der Waals surface area (Å²) in [5, 5.41) is 0. The number of carbonyl (C=O) groups excluding carboxylic acids is 3. The fourth-order valence-corrected chi connectivity index (χ4v) is 4.00. The van der Waals surface area contributed by atoms with Gasteiger partial charge in [-0.15, -0.1) is 0 Å². The maximum atomic E-state index is 12.4. The molecule has 2 heterocycles. The van der Waals surface area contributed by atoms with Crippen LogP contribution in [0.3, 0.4) is 0 Å². The first-order valence-corrected chi connectivity index (χ1v) is 10.7. The predicted molar refractivity (Wildman–Crippen MR) is 111 cm³/mol. The van der Waals surface area contributed by atoms with E-state index < -0.39 is 0 Å². The Hall–Kier alpha value is -2.81. The van der Waals surface area contributed by atoms with Crippen molar-refractivity contribution in [1.29, 1.82) is 0 Å². The van der Waals surface area contributed by atoms with Crippen molar-refractivity contribution in [3.63, 3.8) is 0 Å². The molecule has 0 amide bonds. The predicted octanol–water partition coefficient (Wildman–Crippen LogP) is 3.38. The van der Waals surface area contributed by atoms with Gasteiger partial charge in [-0.05, 0) is 38.0 Å². The van der Waals surface area contributed by atoms with Crippen LogP contribution in [0.5, 0.6) is 0 Å². The Morgan fingerprint density at radius 1 is 0.968 bits per heavy atom. The van der Waals surface area contributed by atoms with E-state index in [9.17, 15) is 14.4 Å². The van der Waals surface area contributed by atoms with E-state index in [0.717, 1.165) is 37.8 Å². The third-order valence-corrected chi connectivity index (χ3v) is 5.78. The molecule has 3 rings (SSSR count). The molecule has 1 unspecified atom stereocenters. The highest BCUT2D eigenvalue weighted by molar-refractivity contribution is 5.90. The summed E-state index contributed by atoms with van der Waals surface area (Å²) in [6.07, 6.45) is 7.46. The molecule has 0 saturated heterocycles. The van der Waals surface area contributed by atoms with Gasteiger partial charge < -0.3 is 19.4 Å². The van der Waals surface area contributed by atoms with Gasteiger partial charge in [0, 0.05) is 13.8 Å². The van der Waals surface area contributed by atoms with Gasteiger partial charge in [0.25, 0.3) is 0 Å². The molecule has 0 bridgehead atoms. The van der Waals surface area contributed by atoms with Gasteiger partial charge in [-0.1, -0.05) is 6.92 Å². The molecule has 0 aromatic carbocycles. The molecule has 2 aromatic rings. The molecule has 2 N–H and O–H groups in total. The summed E-state index contributed by atoms with van der Waals surface area (Å²) in [6.45, 7) is 5.47. The van der Waals surface area contributed by atoms with Crippen molar-refractivity contribution in [2.24, 2.45) is 11.8 Å². The smallest absolute Gasteiger partial charge is 0.309 e. The zero-order chi connectivity index (χ0) is 22.4. The average molecular weight is 431 g/mol. The molecule has 9 heteroatoms. The van der Waals surface area contributed by atoms with E-state index in [-0.39, 0.29) is 42.0 Å². The monoisotopic (exact) mass is 430 g/mol. The molecule has 1 saturated carbocycles. The molecule has 31 heavy (non-hydrogen) atoms. The molecule has 2 aromatic heterocycles. The second kappa shape index (κ2) is 10.5. The molecular weight excluding hydrogens is 400 g/mol. The number of aromatic amines is 2. The van der Waals surface area contributed by atoms with E-state index in [1.165, 1.54) is 20.0 Å². The zero-order valence-electron chi connectivity index (χ0n) is 18.3. The minimum Gasteiger partial charge on any atom is -0.459 e. The summed E-state index contributed by atoms with van der Waals surface area (Å²) in [7, 11) is 0. The van der Waals surface area contributed by atoms with Crippen molar-refractivity contribution < 1.29 is 23.9 Å². The van der Waals surface area contributed by atoms with Crippen LogP contribution in [0, 0.1) is 11.8 Å². The van der Waals surface area contributed by atoms with Crippen molar-refractivity contribution in [3.05, 3.63) is 35.4 Å². The van der Waals surface area contributed by atoms with Crippen molar-refractivity contribution in [1.82, 2.24) is 19.9 Å². The Morgan fingerprint density at radius 3 is 2.00 bits per heavy atom. The summed E-state index contributed by atoms with van der Waals surface area (Å²) >= 11 is 0. The number of ketones is 2. The number of imidazole rings is 2. The van der Waals surface area contributed by atoms with Crippen LogP contribution in [0.2, 0.25) is 0 Å².